The Morgan fingerprint density at radius 2 is 1.64 bits per heavy atom. The zero-order valence-corrected chi connectivity index (χ0v) is 5.37. The normalized spacial score (nSPS) is 13.7. The standard InChI is InChI=1S/C7H4F3N/c8-7(9,10)6-4-2-1-3-5(6)11-4/h1-3,11H. The molecule has 2 heterocycles. The lowest BCUT2D eigenvalue weighted by molar-refractivity contribution is -0.137. The Labute approximate surface area is 60.8 Å². The van der Waals surface area contributed by atoms with Gasteiger partial charge in [-0.2, -0.15) is 13.2 Å². The van der Waals surface area contributed by atoms with Crippen molar-refractivity contribution >= 4 is 11.4 Å². The predicted octanol–water partition coefficient (Wildman–Crippen LogP) is 2.76. The highest BCUT2D eigenvalue weighted by Crippen LogP contribution is 2.47. The predicted molar refractivity (Wildman–Crippen MR) is 34.7 cm³/mol. The van der Waals surface area contributed by atoms with Crippen molar-refractivity contribution in [1.29, 1.82) is 0 Å². The largest absolute Gasteiger partial charge is 0.420 e. The molecule has 0 amide bonds. The van der Waals surface area contributed by atoms with Crippen LogP contribution in [-0.2, 0) is 6.18 Å². The van der Waals surface area contributed by atoms with E-state index in [-0.39, 0.29) is 11.4 Å². The van der Waals surface area contributed by atoms with Gasteiger partial charge in [-0.15, -0.1) is 0 Å². The summed E-state index contributed by atoms with van der Waals surface area (Å²) in [5.41, 5.74) is -0.176. The van der Waals surface area contributed by atoms with Gasteiger partial charge in [-0.1, -0.05) is 6.07 Å². The van der Waals surface area contributed by atoms with Crippen molar-refractivity contribution < 1.29 is 13.2 Å². The van der Waals surface area contributed by atoms with Crippen LogP contribution in [0, 0.1) is 0 Å². The van der Waals surface area contributed by atoms with Gasteiger partial charge in [-0.25, -0.2) is 0 Å². The summed E-state index contributed by atoms with van der Waals surface area (Å²) in [6.07, 6.45) is -4.21. The summed E-state index contributed by atoms with van der Waals surface area (Å²) in [5, 5.41) is 2.57. The SMILES string of the molecule is FC(F)(F)c1c2cccc1N2. The van der Waals surface area contributed by atoms with Crippen molar-refractivity contribution in [2.45, 2.75) is 6.18 Å². The molecule has 4 heteroatoms. The zero-order valence-electron chi connectivity index (χ0n) is 5.37. The van der Waals surface area contributed by atoms with Gasteiger partial charge in [0.25, 0.3) is 0 Å². The molecule has 1 nitrogen and oxygen atoms in total. The first-order chi connectivity index (χ1) is 5.09. The third-order valence-corrected chi connectivity index (χ3v) is 1.62. The van der Waals surface area contributed by atoms with Crippen molar-refractivity contribution in [3.05, 3.63) is 23.8 Å². The third kappa shape index (κ3) is 0.785. The lowest BCUT2D eigenvalue weighted by atomic mass is 10.0. The van der Waals surface area contributed by atoms with E-state index in [1.54, 1.807) is 6.07 Å². The summed E-state index contributed by atoms with van der Waals surface area (Å²) < 4.78 is 36.1. The highest BCUT2D eigenvalue weighted by atomic mass is 19.4. The second-order valence-corrected chi connectivity index (χ2v) is 2.35. The summed E-state index contributed by atoms with van der Waals surface area (Å²) in [7, 11) is 0. The lowest BCUT2D eigenvalue weighted by Crippen LogP contribution is -2.18. The third-order valence-electron chi connectivity index (χ3n) is 1.62. The van der Waals surface area contributed by atoms with E-state index in [4.69, 9.17) is 0 Å². The molecule has 0 aliphatic carbocycles. The van der Waals surface area contributed by atoms with Crippen LogP contribution < -0.4 is 5.32 Å². The lowest BCUT2D eigenvalue weighted by Gasteiger charge is -2.26. The summed E-state index contributed by atoms with van der Waals surface area (Å²) in [6.45, 7) is 0. The fraction of sp³-hybridized carbons (Fsp3) is 0.143. The first-order valence-corrected chi connectivity index (χ1v) is 3.06. The Balaban J connectivity index is 2.53. The molecule has 2 aliphatic rings. The molecule has 0 radical (unpaired) electrons. The molecule has 0 aromatic heterocycles. The first kappa shape index (κ1) is 6.52. The Kier molecular flexibility index (Phi) is 1.00. The molecule has 3 rings (SSSR count). The maximum absolute atomic E-state index is 12.0. The second kappa shape index (κ2) is 1.69. The fourth-order valence-electron chi connectivity index (χ4n) is 1.15. The summed E-state index contributed by atoms with van der Waals surface area (Å²) in [5.74, 6) is 0. The number of hydrogen-bond donors (Lipinski definition) is 1. The monoisotopic (exact) mass is 159 g/mol. The van der Waals surface area contributed by atoms with E-state index in [0.29, 0.717) is 0 Å². The van der Waals surface area contributed by atoms with Crippen LogP contribution in [0.4, 0.5) is 24.5 Å². The van der Waals surface area contributed by atoms with Crippen LogP contribution in [0.1, 0.15) is 5.56 Å². The smallest absolute Gasteiger partial charge is 0.354 e. The molecule has 0 unspecified atom stereocenters. The summed E-state index contributed by atoms with van der Waals surface area (Å²) >= 11 is 0. The van der Waals surface area contributed by atoms with Crippen LogP contribution in [0.2, 0.25) is 0 Å². The molecule has 1 aromatic rings. The van der Waals surface area contributed by atoms with E-state index >= 15 is 0 Å². The molecule has 1 aromatic carbocycles. The van der Waals surface area contributed by atoms with E-state index in [1.165, 1.54) is 12.1 Å². The Morgan fingerprint density at radius 3 is 1.91 bits per heavy atom. The van der Waals surface area contributed by atoms with Crippen molar-refractivity contribution in [3.8, 4) is 0 Å². The number of rotatable bonds is 0. The van der Waals surface area contributed by atoms with Crippen LogP contribution in [0.5, 0.6) is 0 Å². The zero-order chi connectivity index (χ0) is 8.06. The Hall–Kier alpha value is -1.19. The van der Waals surface area contributed by atoms with Gasteiger partial charge in [0.1, 0.15) is 5.56 Å². The van der Waals surface area contributed by atoms with Crippen molar-refractivity contribution in [2.75, 3.05) is 5.32 Å². The van der Waals surface area contributed by atoms with Crippen LogP contribution in [0.15, 0.2) is 18.2 Å². The van der Waals surface area contributed by atoms with E-state index in [1.807, 2.05) is 0 Å². The summed E-state index contributed by atoms with van der Waals surface area (Å²) in [6, 6.07) is 4.42. The van der Waals surface area contributed by atoms with Gasteiger partial charge in [-0.3, -0.25) is 0 Å². The van der Waals surface area contributed by atoms with Crippen LogP contribution in [0.3, 0.4) is 0 Å². The van der Waals surface area contributed by atoms with Crippen LogP contribution in [-0.4, -0.2) is 0 Å². The molecule has 0 fully saturated rings. The molecule has 58 valence electrons. The van der Waals surface area contributed by atoms with E-state index < -0.39 is 11.7 Å². The molecule has 2 bridgehead atoms. The highest BCUT2D eigenvalue weighted by Gasteiger charge is 2.40. The molecule has 0 saturated carbocycles. The van der Waals surface area contributed by atoms with Crippen molar-refractivity contribution in [2.24, 2.45) is 0 Å². The minimum absolute atomic E-state index is 0.176. The molecule has 0 atom stereocenters. The fourth-order valence-corrected chi connectivity index (χ4v) is 1.15. The number of fused-ring (bicyclic) bond motifs is 2. The first-order valence-electron chi connectivity index (χ1n) is 3.06. The molecule has 0 saturated heterocycles. The van der Waals surface area contributed by atoms with Gasteiger partial charge in [0.15, 0.2) is 0 Å². The van der Waals surface area contributed by atoms with E-state index in [0.717, 1.165) is 0 Å². The number of hydrogen-bond acceptors (Lipinski definition) is 1. The molecular weight excluding hydrogens is 155 g/mol. The second-order valence-electron chi connectivity index (χ2n) is 2.35. The molecule has 1 N–H and O–H groups in total. The number of alkyl halides is 3. The molecule has 0 spiro atoms. The average molecular weight is 159 g/mol. The average Bonchev–Trinajstić information content (AvgIpc) is 1.85. The summed E-state index contributed by atoms with van der Waals surface area (Å²) in [4.78, 5) is 0. The molecule has 11 heavy (non-hydrogen) atoms. The topological polar surface area (TPSA) is 12.0 Å². The van der Waals surface area contributed by atoms with Gasteiger partial charge >= 0.3 is 6.18 Å². The minimum Gasteiger partial charge on any atom is -0.354 e. The van der Waals surface area contributed by atoms with E-state index in [9.17, 15) is 13.2 Å². The number of halogens is 3. The number of benzene rings is 1. The minimum atomic E-state index is -4.21. The van der Waals surface area contributed by atoms with Gasteiger partial charge in [0, 0.05) is 0 Å². The Morgan fingerprint density at radius 1 is 1.09 bits per heavy atom. The van der Waals surface area contributed by atoms with E-state index in [2.05, 4.69) is 5.32 Å². The maximum Gasteiger partial charge on any atom is 0.420 e. The molecule has 2 aliphatic heterocycles. The highest BCUT2D eigenvalue weighted by molar-refractivity contribution is 5.82. The van der Waals surface area contributed by atoms with Crippen LogP contribution >= 0.6 is 0 Å². The van der Waals surface area contributed by atoms with Gasteiger partial charge in [0.05, 0.1) is 11.4 Å². The Bertz CT molecular complexity index is 283. The van der Waals surface area contributed by atoms with Gasteiger partial charge in [0.2, 0.25) is 0 Å². The van der Waals surface area contributed by atoms with Gasteiger partial charge < -0.3 is 5.32 Å². The van der Waals surface area contributed by atoms with Crippen molar-refractivity contribution in [1.82, 2.24) is 0 Å². The number of anilines is 2. The molecular formula is C7H4F3N. The quantitative estimate of drug-likeness (QED) is 0.623. The number of nitrogens with one attached hydrogen (secondary N) is 1. The van der Waals surface area contributed by atoms with Crippen LogP contribution in [0.25, 0.3) is 0 Å². The maximum atomic E-state index is 12.0. The van der Waals surface area contributed by atoms with Crippen molar-refractivity contribution in [3.63, 3.8) is 0 Å². The van der Waals surface area contributed by atoms with Gasteiger partial charge in [-0.05, 0) is 12.1 Å².